The van der Waals surface area contributed by atoms with E-state index in [0.717, 1.165) is 22.6 Å². The summed E-state index contributed by atoms with van der Waals surface area (Å²) in [7, 11) is 0. The molecule has 0 aliphatic rings. The van der Waals surface area contributed by atoms with Gasteiger partial charge in [-0.05, 0) is 36.6 Å². The Morgan fingerprint density at radius 1 is 1.19 bits per heavy atom. The highest BCUT2D eigenvalue weighted by Crippen LogP contribution is 2.25. The van der Waals surface area contributed by atoms with Gasteiger partial charge in [-0.25, -0.2) is 0 Å². The molecular weight excluding hydrogens is 280 g/mol. The van der Waals surface area contributed by atoms with Gasteiger partial charge in [0, 0.05) is 17.1 Å². The van der Waals surface area contributed by atoms with Gasteiger partial charge in [0.25, 0.3) is 0 Å². The summed E-state index contributed by atoms with van der Waals surface area (Å²) < 4.78 is 0. The number of hydrogen-bond acceptors (Lipinski definition) is 3. The molecule has 0 aromatic heterocycles. The predicted octanol–water partition coefficient (Wildman–Crippen LogP) is 3.03. The number of benzene rings is 2. The van der Waals surface area contributed by atoms with E-state index < -0.39 is 0 Å². The zero-order valence-corrected chi connectivity index (χ0v) is 13.0. The molecule has 0 radical (unpaired) electrons. The topological polar surface area (TPSA) is 55.1 Å². The molecule has 21 heavy (non-hydrogen) atoms. The van der Waals surface area contributed by atoms with Gasteiger partial charge in [0.05, 0.1) is 5.75 Å². The van der Waals surface area contributed by atoms with E-state index in [2.05, 4.69) is 17.4 Å². The molecule has 0 fully saturated rings. The smallest absolute Gasteiger partial charge is 0.230 e. The van der Waals surface area contributed by atoms with Crippen LogP contribution in [-0.2, 0) is 11.2 Å². The molecule has 1 amide bonds. The standard InChI is InChI=1S/C17H20N2OS/c1-13-7-8-16(15(18)11-13)21-12-17(20)19-10-9-14-5-3-2-4-6-14/h2-8,11H,9-10,12,18H2,1H3,(H,19,20). The third kappa shape index (κ3) is 5.16. The quantitative estimate of drug-likeness (QED) is 0.637. The van der Waals surface area contributed by atoms with Crippen molar-refractivity contribution in [3.63, 3.8) is 0 Å². The average Bonchev–Trinajstić information content (AvgIpc) is 2.47. The molecular formula is C17H20N2OS. The van der Waals surface area contributed by atoms with Crippen LogP contribution in [0, 0.1) is 6.92 Å². The molecule has 0 aliphatic heterocycles. The number of amides is 1. The summed E-state index contributed by atoms with van der Waals surface area (Å²) in [4.78, 5) is 12.8. The maximum absolute atomic E-state index is 11.8. The molecule has 0 saturated carbocycles. The van der Waals surface area contributed by atoms with E-state index in [1.54, 1.807) is 0 Å². The minimum absolute atomic E-state index is 0.0379. The molecule has 0 spiro atoms. The van der Waals surface area contributed by atoms with Crippen LogP contribution in [0.5, 0.6) is 0 Å². The van der Waals surface area contributed by atoms with Crippen LogP contribution in [0.1, 0.15) is 11.1 Å². The van der Waals surface area contributed by atoms with Crippen LogP contribution < -0.4 is 11.1 Å². The van der Waals surface area contributed by atoms with E-state index in [1.165, 1.54) is 17.3 Å². The number of nitrogens with two attached hydrogens (primary N) is 1. The van der Waals surface area contributed by atoms with Gasteiger partial charge in [-0.15, -0.1) is 11.8 Å². The summed E-state index contributed by atoms with van der Waals surface area (Å²) in [6, 6.07) is 16.0. The Bertz CT molecular complexity index is 599. The zero-order chi connectivity index (χ0) is 15.1. The largest absolute Gasteiger partial charge is 0.398 e. The maximum Gasteiger partial charge on any atom is 0.230 e. The van der Waals surface area contributed by atoms with Crippen molar-refractivity contribution in [1.29, 1.82) is 0 Å². The normalized spacial score (nSPS) is 10.3. The van der Waals surface area contributed by atoms with Crippen molar-refractivity contribution >= 4 is 23.4 Å². The first-order chi connectivity index (χ1) is 10.1. The first-order valence-electron chi connectivity index (χ1n) is 6.94. The molecule has 2 aromatic carbocycles. The first-order valence-corrected chi connectivity index (χ1v) is 7.93. The second kappa shape index (κ2) is 7.74. The number of anilines is 1. The van der Waals surface area contributed by atoms with Crippen LogP contribution in [0.15, 0.2) is 53.4 Å². The van der Waals surface area contributed by atoms with Gasteiger partial charge in [0.2, 0.25) is 5.91 Å². The molecule has 0 heterocycles. The lowest BCUT2D eigenvalue weighted by atomic mass is 10.1. The third-order valence-corrected chi connectivity index (χ3v) is 4.19. The van der Waals surface area contributed by atoms with Gasteiger partial charge < -0.3 is 11.1 Å². The van der Waals surface area contributed by atoms with Crippen molar-refractivity contribution in [1.82, 2.24) is 5.32 Å². The fourth-order valence-corrected chi connectivity index (χ4v) is 2.76. The molecule has 110 valence electrons. The number of nitrogen functional groups attached to an aromatic ring is 1. The van der Waals surface area contributed by atoms with Gasteiger partial charge in [-0.2, -0.15) is 0 Å². The molecule has 0 bridgehead atoms. The highest BCUT2D eigenvalue weighted by molar-refractivity contribution is 8.00. The van der Waals surface area contributed by atoms with Gasteiger partial charge in [-0.3, -0.25) is 4.79 Å². The monoisotopic (exact) mass is 300 g/mol. The maximum atomic E-state index is 11.8. The van der Waals surface area contributed by atoms with E-state index in [1.807, 2.05) is 43.3 Å². The molecule has 3 N–H and O–H groups in total. The molecule has 3 nitrogen and oxygen atoms in total. The number of carbonyl (C=O) groups is 1. The van der Waals surface area contributed by atoms with Crippen molar-refractivity contribution in [3.8, 4) is 0 Å². The summed E-state index contributed by atoms with van der Waals surface area (Å²) in [5.41, 5.74) is 9.02. The van der Waals surface area contributed by atoms with Gasteiger partial charge in [-0.1, -0.05) is 36.4 Å². The SMILES string of the molecule is Cc1ccc(SCC(=O)NCCc2ccccc2)c(N)c1. The van der Waals surface area contributed by atoms with Crippen LogP contribution in [0.3, 0.4) is 0 Å². The lowest BCUT2D eigenvalue weighted by molar-refractivity contribution is -0.118. The number of nitrogens with one attached hydrogen (secondary N) is 1. The van der Waals surface area contributed by atoms with Gasteiger partial charge >= 0.3 is 0 Å². The van der Waals surface area contributed by atoms with Crippen LogP contribution in [0.2, 0.25) is 0 Å². The zero-order valence-electron chi connectivity index (χ0n) is 12.1. The van der Waals surface area contributed by atoms with Crippen molar-refractivity contribution in [3.05, 3.63) is 59.7 Å². The number of hydrogen-bond donors (Lipinski definition) is 2. The number of carbonyl (C=O) groups excluding carboxylic acids is 1. The van der Waals surface area contributed by atoms with Crippen molar-refractivity contribution in [2.45, 2.75) is 18.2 Å². The van der Waals surface area contributed by atoms with Gasteiger partial charge in [0.1, 0.15) is 0 Å². The van der Waals surface area contributed by atoms with Crippen molar-refractivity contribution in [2.75, 3.05) is 18.0 Å². The third-order valence-electron chi connectivity index (χ3n) is 3.10. The fourth-order valence-electron chi connectivity index (χ4n) is 1.98. The Kier molecular flexibility index (Phi) is 5.69. The molecule has 2 aromatic rings. The Balaban J connectivity index is 1.72. The minimum Gasteiger partial charge on any atom is -0.398 e. The van der Waals surface area contributed by atoms with E-state index in [0.29, 0.717) is 12.3 Å². The molecule has 0 unspecified atom stereocenters. The van der Waals surface area contributed by atoms with E-state index in [-0.39, 0.29) is 5.91 Å². The lowest BCUT2D eigenvalue weighted by Gasteiger charge is -2.07. The van der Waals surface area contributed by atoms with Crippen LogP contribution in [-0.4, -0.2) is 18.2 Å². The Hall–Kier alpha value is -1.94. The summed E-state index contributed by atoms with van der Waals surface area (Å²) in [6.45, 7) is 2.66. The van der Waals surface area contributed by atoms with Crippen molar-refractivity contribution < 1.29 is 4.79 Å². The Labute approximate surface area is 129 Å². The molecule has 0 aliphatic carbocycles. The second-order valence-corrected chi connectivity index (χ2v) is 5.93. The molecule has 0 atom stereocenters. The predicted molar refractivity (Wildman–Crippen MR) is 89.5 cm³/mol. The van der Waals surface area contributed by atoms with Gasteiger partial charge in [0.15, 0.2) is 0 Å². The number of thioether (sulfide) groups is 1. The lowest BCUT2D eigenvalue weighted by Crippen LogP contribution is -2.27. The first kappa shape index (κ1) is 15.4. The Morgan fingerprint density at radius 2 is 1.95 bits per heavy atom. The highest BCUT2D eigenvalue weighted by atomic mass is 32.2. The Morgan fingerprint density at radius 3 is 2.67 bits per heavy atom. The summed E-state index contributed by atoms with van der Waals surface area (Å²) in [5, 5.41) is 2.93. The van der Waals surface area contributed by atoms with Crippen LogP contribution in [0.25, 0.3) is 0 Å². The molecule has 2 rings (SSSR count). The molecule has 4 heteroatoms. The summed E-state index contributed by atoms with van der Waals surface area (Å²) in [6.07, 6.45) is 0.851. The number of rotatable bonds is 6. The van der Waals surface area contributed by atoms with Crippen LogP contribution >= 0.6 is 11.8 Å². The van der Waals surface area contributed by atoms with Crippen molar-refractivity contribution in [2.24, 2.45) is 0 Å². The van der Waals surface area contributed by atoms with Crippen LogP contribution in [0.4, 0.5) is 5.69 Å². The average molecular weight is 300 g/mol. The van der Waals surface area contributed by atoms with E-state index in [4.69, 9.17) is 5.73 Å². The summed E-state index contributed by atoms with van der Waals surface area (Å²) in [5.74, 6) is 0.429. The minimum atomic E-state index is 0.0379. The van der Waals surface area contributed by atoms with E-state index in [9.17, 15) is 4.79 Å². The number of aryl methyl sites for hydroxylation is 1. The second-order valence-electron chi connectivity index (χ2n) is 4.92. The summed E-state index contributed by atoms with van der Waals surface area (Å²) >= 11 is 1.47. The molecule has 0 saturated heterocycles. The highest BCUT2D eigenvalue weighted by Gasteiger charge is 2.05. The van der Waals surface area contributed by atoms with E-state index >= 15 is 0 Å². The fraction of sp³-hybridized carbons (Fsp3) is 0.235.